The number of nitrogens with one attached hydrogen (secondary N) is 1. The van der Waals surface area contributed by atoms with Crippen molar-refractivity contribution in [2.45, 2.75) is 39.3 Å². The van der Waals surface area contributed by atoms with Crippen LogP contribution < -0.4 is 10.1 Å². The highest BCUT2D eigenvalue weighted by molar-refractivity contribution is 5.28. The Morgan fingerprint density at radius 2 is 1.76 bits per heavy atom. The zero-order chi connectivity index (χ0) is 12.8. The van der Waals surface area contributed by atoms with Crippen molar-refractivity contribution in [3.05, 3.63) is 29.8 Å². The first-order valence-electron chi connectivity index (χ1n) is 5.81. The Morgan fingerprint density at radius 3 is 2.24 bits per heavy atom. The summed E-state index contributed by atoms with van der Waals surface area (Å²) in [5.41, 5.74) is 0.973. The molecule has 1 aromatic carbocycles. The second-order valence-electron chi connectivity index (χ2n) is 4.01. The van der Waals surface area contributed by atoms with E-state index >= 15 is 0 Å². The molecule has 0 spiro atoms. The van der Waals surface area contributed by atoms with E-state index in [2.05, 4.69) is 5.32 Å². The molecule has 0 aromatic heterocycles. The number of benzene rings is 1. The van der Waals surface area contributed by atoms with Gasteiger partial charge in [-0.15, -0.1) is 0 Å². The third-order valence-electron chi connectivity index (χ3n) is 2.58. The number of rotatable bonds is 6. The summed E-state index contributed by atoms with van der Waals surface area (Å²) in [6, 6.07) is 6.57. The van der Waals surface area contributed by atoms with Crippen molar-refractivity contribution in [3.63, 3.8) is 0 Å². The van der Waals surface area contributed by atoms with E-state index in [-0.39, 0.29) is 6.04 Å². The van der Waals surface area contributed by atoms with Crippen LogP contribution in [0.4, 0.5) is 8.78 Å². The van der Waals surface area contributed by atoms with Gasteiger partial charge in [-0.3, -0.25) is 0 Å². The standard InChI is InChI=1S/C13H19F2NO/c1-4-17-12-7-5-11(6-8-12)9(2)16-10(3)13(14)15/h5-10,13,16H,4H2,1-3H3. The molecule has 1 N–H and O–H groups in total. The van der Waals surface area contributed by atoms with Gasteiger partial charge in [0, 0.05) is 6.04 Å². The van der Waals surface area contributed by atoms with Gasteiger partial charge < -0.3 is 10.1 Å². The minimum absolute atomic E-state index is 0.102. The maximum Gasteiger partial charge on any atom is 0.253 e. The number of hydrogen-bond donors (Lipinski definition) is 1. The summed E-state index contributed by atoms with van der Waals surface area (Å²) in [5, 5.41) is 2.86. The van der Waals surface area contributed by atoms with Gasteiger partial charge in [-0.2, -0.15) is 0 Å². The Bertz CT molecular complexity index is 327. The maximum atomic E-state index is 12.4. The second kappa shape index (κ2) is 6.55. The number of alkyl halides is 2. The van der Waals surface area contributed by atoms with E-state index in [9.17, 15) is 8.78 Å². The highest BCUT2D eigenvalue weighted by Crippen LogP contribution is 2.18. The summed E-state index contributed by atoms with van der Waals surface area (Å²) in [7, 11) is 0. The largest absolute Gasteiger partial charge is 0.494 e. The molecule has 0 amide bonds. The zero-order valence-electron chi connectivity index (χ0n) is 10.4. The molecule has 0 fully saturated rings. The Morgan fingerprint density at radius 1 is 1.18 bits per heavy atom. The van der Waals surface area contributed by atoms with E-state index in [1.807, 2.05) is 38.1 Å². The lowest BCUT2D eigenvalue weighted by Gasteiger charge is -2.19. The van der Waals surface area contributed by atoms with Crippen molar-refractivity contribution in [2.24, 2.45) is 0 Å². The van der Waals surface area contributed by atoms with Crippen LogP contribution in [0.3, 0.4) is 0 Å². The lowest BCUT2D eigenvalue weighted by Crippen LogP contribution is -2.34. The highest BCUT2D eigenvalue weighted by atomic mass is 19.3. The van der Waals surface area contributed by atoms with Crippen LogP contribution in [0.15, 0.2) is 24.3 Å². The van der Waals surface area contributed by atoms with Gasteiger partial charge in [-0.1, -0.05) is 12.1 Å². The molecular formula is C13H19F2NO. The molecule has 0 aliphatic rings. The van der Waals surface area contributed by atoms with Gasteiger partial charge in [0.2, 0.25) is 0 Å². The topological polar surface area (TPSA) is 21.3 Å². The molecule has 4 heteroatoms. The average Bonchev–Trinajstić information content (AvgIpc) is 2.30. The molecule has 0 radical (unpaired) electrons. The van der Waals surface area contributed by atoms with Gasteiger partial charge in [0.25, 0.3) is 6.43 Å². The van der Waals surface area contributed by atoms with E-state index in [1.54, 1.807) is 0 Å². The minimum Gasteiger partial charge on any atom is -0.494 e. The van der Waals surface area contributed by atoms with Crippen LogP contribution >= 0.6 is 0 Å². The molecule has 0 saturated carbocycles. The summed E-state index contributed by atoms with van der Waals surface area (Å²) in [4.78, 5) is 0. The molecule has 1 rings (SSSR count). The quantitative estimate of drug-likeness (QED) is 0.827. The van der Waals surface area contributed by atoms with Crippen molar-refractivity contribution in [3.8, 4) is 5.75 Å². The summed E-state index contributed by atoms with van der Waals surface area (Å²) in [6.45, 7) is 5.89. The second-order valence-corrected chi connectivity index (χ2v) is 4.01. The summed E-state index contributed by atoms with van der Waals surface area (Å²) in [5.74, 6) is 0.797. The molecule has 17 heavy (non-hydrogen) atoms. The van der Waals surface area contributed by atoms with Gasteiger partial charge >= 0.3 is 0 Å². The molecule has 0 aliphatic carbocycles. The fourth-order valence-electron chi connectivity index (χ4n) is 1.58. The van der Waals surface area contributed by atoms with E-state index in [1.165, 1.54) is 6.92 Å². The van der Waals surface area contributed by atoms with Crippen LogP contribution in [0.25, 0.3) is 0 Å². The maximum absolute atomic E-state index is 12.4. The predicted molar refractivity (Wildman–Crippen MR) is 64.6 cm³/mol. The van der Waals surface area contributed by atoms with Crippen molar-refractivity contribution in [1.82, 2.24) is 5.32 Å². The fraction of sp³-hybridized carbons (Fsp3) is 0.538. The lowest BCUT2D eigenvalue weighted by atomic mass is 10.1. The van der Waals surface area contributed by atoms with Crippen LogP contribution in [0.5, 0.6) is 5.75 Å². The predicted octanol–water partition coefficient (Wildman–Crippen LogP) is 3.39. The van der Waals surface area contributed by atoms with Crippen molar-refractivity contribution in [2.75, 3.05) is 6.61 Å². The summed E-state index contributed by atoms with van der Waals surface area (Å²) in [6.07, 6.45) is -2.35. The van der Waals surface area contributed by atoms with Gasteiger partial charge in [-0.05, 0) is 38.5 Å². The lowest BCUT2D eigenvalue weighted by molar-refractivity contribution is 0.101. The number of halogens is 2. The highest BCUT2D eigenvalue weighted by Gasteiger charge is 2.17. The fourth-order valence-corrected chi connectivity index (χ4v) is 1.58. The third-order valence-corrected chi connectivity index (χ3v) is 2.58. The first-order valence-corrected chi connectivity index (χ1v) is 5.81. The summed E-state index contributed by atoms with van der Waals surface area (Å²) >= 11 is 0. The SMILES string of the molecule is CCOc1ccc(C(C)NC(C)C(F)F)cc1. The molecule has 2 nitrogen and oxygen atoms in total. The zero-order valence-corrected chi connectivity index (χ0v) is 10.4. The number of ether oxygens (including phenoxy) is 1. The molecule has 0 saturated heterocycles. The van der Waals surface area contributed by atoms with Crippen molar-refractivity contribution in [1.29, 1.82) is 0 Å². The van der Waals surface area contributed by atoms with Gasteiger partial charge in [0.05, 0.1) is 12.6 Å². The normalized spacial score (nSPS) is 14.7. The van der Waals surface area contributed by atoms with Gasteiger partial charge in [0.1, 0.15) is 5.75 Å². The van der Waals surface area contributed by atoms with Crippen LogP contribution in [0.2, 0.25) is 0 Å². The Labute approximate surface area is 101 Å². The minimum atomic E-state index is -2.35. The van der Waals surface area contributed by atoms with Gasteiger partial charge in [-0.25, -0.2) is 8.78 Å². The molecule has 1 aromatic rings. The van der Waals surface area contributed by atoms with E-state index in [4.69, 9.17) is 4.74 Å². The van der Waals surface area contributed by atoms with Crippen molar-refractivity contribution >= 4 is 0 Å². The Balaban J connectivity index is 2.60. The smallest absolute Gasteiger partial charge is 0.253 e. The van der Waals surface area contributed by atoms with Crippen LogP contribution in [0, 0.1) is 0 Å². The summed E-state index contributed by atoms with van der Waals surface area (Å²) < 4.78 is 30.1. The Kier molecular flexibility index (Phi) is 5.35. The average molecular weight is 243 g/mol. The Hall–Kier alpha value is -1.16. The molecular weight excluding hydrogens is 224 g/mol. The molecule has 2 unspecified atom stereocenters. The van der Waals surface area contributed by atoms with E-state index < -0.39 is 12.5 Å². The van der Waals surface area contributed by atoms with Crippen LogP contribution in [-0.2, 0) is 0 Å². The first-order chi connectivity index (χ1) is 8.04. The molecule has 0 heterocycles. The monoisotopic (exact) mass is 243 g/mol. The molecule has 96 valence electrons. The van der Waals surface area contributed by atoms with Gasteiger partial charge in [0.15, 0.2) is 0 Å². The third kappa shape index (κ3) is 4.30. The van der Waals surface area contributed by atoms with E-state index in [0.29, 0.717) is 6.61 Å². The van der Waals surface area contributed by atoms with E-state index in [0.717, 1.165) is 11.3 Å². The molecule has 2 atom stereocenters. The molecule has 0 aliphatic heterocycles. The van der Waals surface area contributed by atoms with Crippen LogP contribution in [0.1, 0.15) is 32.4 Å². The van der Waals surface area contributed by atoms with Crippen molar-refractivity contribution < 1.29 is 13.5 Å². The number of hydrogen-bond acceptors (Lipinski definition) is 2. The van der Waals surface area contributed by atoms with Crippen LogP contribution in [-0.4, -0.2) is 19.1 Å². The molecule has 0 bridgehead atoms. The first kappa shape index (κ1) is 13.9.